The van der Waals surface area contributed by atoms with Crippen LogP contribution in [-0.4, -0.2) is 15.5 Å². The molecule has 0 aliphatic heterocycles. The Morgan fingerprint density at radius 1 is 1.32 bits per heavy atom. The first-order valence-electron chi connectivity index (χ1n) is 7.68. The van der Waals surface area contributed by atoms with Gasteiger partial charge in [-0.3, -0.25) is 9.59 Å². The van der Waals surface area contributed by atoms with Crippen LogP contribution < -0.4 is 10.7 Å². The molecule has 2 heterocycles. The number of nitrogens with zero attached hydrogens (tertiary/aromatic N) is 2. The molecule has 0 bridgehead atoms. The molecule has 1 amide bonds. The summed E-state index contributed by atoms with van der Waals surface area (Å²) < 4.78 is 15.7. The lowest BCUT2D eigenvalue weighted by molar-refractivity contribution is 0.102. The quantitative estimate of drug-likeness (QED) is 0.774. The van der Waals surface area contributed by atoms with Crippen molar-refractivity contribution in [3.05, 3.63) is 68.8 Å². The van der Waals surface area contributed by atoms with E-state index in [1.54, 1.807) is 16.7 Å². The van der Waals surface area contributed by atoms with Crippen LogP contribution in [0.3, 0.4) is 0 Å². The molecule has 5 nitrogen and oxygen atoms in total. The van der Waals surface area contributed by atoms with E-state index >= 15 is 0 Å². The molecule has 1 N–H and O–H groups in total. The zero-order valence-corrected chi connectivity index (χ0v) is 14.4. The van der Waals surface area contributed by atoms with Crippen molar-refractivity contribution in [3.63, 3.8) is 0 Å². The summed E-state index contributed by atoms with van der Waals surface area (Å²) in [6.45, 7) is 4.23. The number of carbonyl (C=O) groups excluding carboxylic acids is 1. The van der Waals surface area contributed by atoms with Crippen molar-refractivity contribution in [2.24, 2.45) is 0 Å². The summed E-state index contributed by atoms with van der Waals surface area (Å²) in [5.41, 5.74) is 0.666. The zero-order chi connectivity index (χ0) is 18.1. The molecule has 0 aliphatic rings. The Kier molecular flexibility index (Phi) is 4.55. The van der Waals surface area contributed by atoms with Crippen LogP contribution in [0.1, 0.15) is 23.0 Å². The summed E-state index contributed by atoms with van der Waals surface area (Å²) in [5, 5.41) is 2.63. The highest BCUT2D eigenvalue weighted by molar-refractivity contribution is 6.31. The Labute approximate surface area is 148 Å². The molecule has 0 spiro atoms. The number of hydrogen-bond acceptors (Lipinski definition) is 3. The number of pyridine rings is 2. The van der Waals surface area contributed by atoms with Gasteiger partial charge in [0.25, 0.3) is 5.91 Å². The number of rotatable bonds is 3. The second-order valence-electron chi connectivity index (χ2n) is 5.54. The van der Waals surface area contributed by atoms with E-state index in [-0.39, 0.29) is 16.3 Å². The van der Waals surface area contributed by atoms with Crippen LogP contribution in [0.25, 0.3) is 11.0 Å². The van der Waals surface area contributed by atoms with Crippen molar-refractivity contribution in [3.8, 4) is 0 Å². The van der Waals surface area contributed by atoms with Gasteiger partial charge in [-0.2, -0.15) is 0 Å². The number of amides is 1. The highest BCUT2D eigenvalue weighted by atomic mass is 35.5. The molecule has 3 rings (SSSR count). The van der Waals surface area contributed by atoms with Crippen LogP contribution >= 0.6 is 11.6 Å². The average Bonchev–Trinajstić information content (AvgIpc) is 2.59. The van der Waals surface area contributed by atoms with Gasteiger partial charge in [0.05, 0.1) is 16.1 Å². The maximum Gasteiger partial charge on any atom is 0.261 e. The fraction of sp³-hybridized carbons (Fsp3) is 0.167. The van der Waals surface area contributed by atoms with Gasteiger partial charge in [-0.05, 0) is 38.1 Å². The molecule has 7 heteroatoms. The summed E-state index contributed by atoms with van der Waals surface area (Å²) in [5.74, 6) is -1.44. The second kappa shape index (κ2) is 6.64. The van der Waals surface area contributed by atoms with Gasteiger partial charge in [0.2, 0.25) is 5.43 Å². The van der Waals surface area contributed by atoms with E-state index in [0.29, 0.717) is 17.6 Å². The van der Waals surface area contributed by atoms with Crippen LogP contribution in [0.4, 0.5) is 10.1 Å². The monoisotopic (exact) mass is 359 g/mol. The van der Waals surface area contributed by atoms with E-state index in [4.69, 9.17) is 11.6 Å². The molecule has 0 atom stereocenters. The lowest BCUT2D eigenvalue weighted by Crippen LogP contribution is -2.24. The van der Waals surface area contributed by atoms with E-state index in [2.05, 4.69) is 10.3 Å². The number of halogens is 2. The predicted molar refractivity (Wildman–Crippen MR) is 95.8 cm³/mol. The maximum absolute atomic E-state index is 14.0. The second-order valence-corrected chi connectivity index (χ2v) is 5.94. The molecular weight excluding hydrogens is 345 g/mol. The Bertz CT molecular complexity index is 1050. The van der Waals surface area contributed by atoms with Gasteiger partial charge in [0, 0.05) is 18.4 Å². The zero-order valence-electron chi connectivity index (χ0n) is 13.6. The molecule has 0 fully saturated rings. The van der Waals surface area contributed by atoms with Crippen molar-refractivity contribution in [1.82, 2.24) is 9.55 Å². The molecule has 2 aromatic heterocycles. The average molecular weight is 360 g/mol. The first kappa shape index (κ1) is 17.1. The summed E-state index contributed by atoms with van der Waals surface area (Å²) in [6, 6.07) is 7.62. The summed E-state index contributed by atoms with van der Waals surface area (Å²) in [4.78, 5) is 29.6. The minimum absolute atomic E-state index is 0.0814. The number of nitrogens with one attached hydrogen (secondary N) is 1. The number of aromatic nitrogens is 2. The van der Waals surface area contributed by atoms with Crippen LogP contribution in [0.5, 0.6) is 0 Å². The van der Waals surface area contributed by atoms with Crippen LogP contribution in [-0.2, 0) is 6.54 Å². The Hall–Kier alpha value is -2.73. The Balaban J connectivity index is 2.10. The fourth-order valence-corrected chi connectivity index (χ4v) is 2.73. The minimum Gasteiger partial charge on any atom is -0.332 e. The van der Waals surface area contributed by atoms with Gasteiger partial charge < -0.3 is 9.88 Å². The highest BCUT2D eigenvalue weighted by Gasteiger charge is 2.18. The Morgan fingerprint density at radius 2 is 2.08 bits per heavy atom. The van der Waals surface area contributed by atoms with E-state index in [1.807, 2.05) is 13.8 Å². The standard InChI is InChI=1S/C18H15ClFN3O2/c1-3-23-9-12(16(24)11-8-7-10(2)21-17(11)23)18(25)22-14-6-4-5-13(19)15(14)20/h4-9H,3H2,1-2H3,(H,22,25). The topological polar surface area (TPSA) is 64.0 Å². The smallest absolute Gasteiger partial charge is 0.261 e. The molecule has 0 saturated heterocycles. The predicted octanol–water partition coefficient (Wildman–Crippen LogP) is 3.77. The summed E-state index contributed by atoms with van der Waals surface area (Å²) >= 11 is 5.71. The van der Waals surface area contributed by atoms with Crippen molar-refractivity contribution in [2.45, 2.75) is 20.4 Å². The number of carbonyl (C=O) groups is 1. The number of fused-ring (bicyclic) bond motifs is 1. The van der Waals surface area contributed by atoms with Gasteiger partial charge in [0.1, 0.15) is 11.2 Å². The lowest BCUT2D eigenvalue weighted by Gasteiger charge is -2.12. The van der Waals surface area contributed by atoms with E-state index in [0.717, 1.165) is 5.69 Å². The lowest BCUT2D eigenvalue weighted by atomic mass is 10.1. The molecule has 0 unspecified atom stereocenters. The third-order valence-electron chi connectivity index (χ3n) is 3.85. The molecule has 3 aromatic rings. The number of hydrogen-bond donors (Lipinski definition) is 1. The summed E-state index contributed by atoms with van der Waals surface area (Å²) in [7, 11) is 0. The summed E-state index contributed by atoms with van der Waals surface area (Å²) in [6.07, 6.45) is 1.44. The van der Waals surface area contributed by atoms with Crippen molar-refractivity contribution in [1.29, 1.82) is 0 Å². The first-order chi connectivity index (χ1) is 11.9. The van der Waals surface area contributed by atoms with Gasteiger partial charge in [0.15, 0.2) is 5.82 Å². The fourth-order valence-electron chi connectivity index (χ4n) is 2.55. The number of anilines is 1. The Morgan fingerprint density at radius 3 is 2.80 bits per heavy atom. The third kappa shape index (κ3) is 3.13. The van der Waals surface area contributed by atoms with Crippen molar-refractivity contribution < 1.29 is 9.18 Å². The molecule has 0 saturated carbocycles. The number of aryl methyl sites for hydroxylation is 2. The van der Waals surface area contributed by atoms with Gasteiger partial charge in [-0.25, -0.2) is 9.37 Å². The van der Waals surface area contributed by atoms with Crippen LogP contribution in [0, 0.1) is 12.7 Å². The first-order valence-corrected chi connectivity index (χ1v) is 8.06. The normalized spacial score (nSPS) is 10.9. The van der Waals surface area contributed by atoms with Gasteiger partial charge in [-0.15, -0.1) is 0 Å². The minimum atomic E-state index is -0.744. The van der Waals surface area contributed by atoms with Crippen molar-refractivity contribution >= 4 is 34.2 Å². The van der Waals surface area contributed by atoms with E-state index < -0.39 is 17.2 Å². The van der Waals surface area contributed by atoms with Crippen LogP contribution in [0.2, 0.25) is 5.02 Å². The highest BCUT2D eigenvalue weighted by Crippen LogP contribution is 2.22. The van der Waals surface area contributed by atoms with E-state index in [9.17, 15) is 14.0 Å². The molecular formula is C18H15ClFN3O2. The molecule has 0 aliphatic carbocycles. The van der Waals surface area contributed by atoms with Gasteiger partial charge >= 0.3 is 0 Å². The molecule has 0 radical (unpaired) electrons. The molecule has 1 aromatic carbocycles. The SMILES string of the molecule is CCn1cc(C(=O)Nc2cccc(Cl)c2F)c(=O)c2ccc(C)nc21. The molecule has 128 valence electrons. The molecule has 25 heavy (non-hydrogen) atoms. The number of benzene rings is 1. The van der Waals surface area contributed by atoms with Gasteiger partial charge in [-0.1, -0.05) is 17.7 Å². The van der Waals surface area contributed by atoms with E-state index in [1.165, 1.54) is 24.4 Å². The largest absolute Gasteiger partial charge is 0.332 e. The maximum atomic E-state index is 14.0. The third-order valence-corrected chi connectivity index (χ3v) is 4.14. The van der Waals surface area contributed by atoms with Crippen molar-refractivity contribution in [2.75, 3.05) is 5.32 Å². The van der Waals surface area contributed by atoms with Crippen LogP contribution in [0.15, 0.2) is 41.3 Å².